The summed E-state index contributed by atoms with van der Waals surface area (Å²) in [5.41, 5.74) is 1.32. The number of rotatable bonds is 10. The molecule has 28 heavy (non-hydrogen) atoms. The second-order valence-electron chi connectivity index (χ2n) is 7.08. The van der Waals surface area contributed by atoms with Crippen LogP contribution in [0.1, 0.15) is 63.9 Å². The molecule has 0 aliphatic carbocycles. The first-order valence-corrected chi connectivity index (χ1v) is 10.3. The minimum absolute atomic E-state index is 0. The molecular weight excluding hydrogens is 469 g/mol. The summed E-state index contributed by atoms with van der Waals surface area (Å²) in [6.07, 6.45) is 9.88. The molecule has 8 heteroatoms. The standard InChI is InChI=1S/C20H35N5O2.HI/c1-4-21-20(22-12-9-7-6-8-10-19(26)27-5-2)25-13-11-17(16-25)18-14-23-24(3)15-18;/h14-15,17H,4-13,16H2,1-3H3,(H,21,22);1H. The first-order chi connectivity index (χ1) is 13.1. The zero-order valence-corrected chi connectivity index (χ0v) is 19.9. The molecular formula is C20H36IN5O2. The maximum atomic E-state index is 11.3. The van der Waals surface area contributed by atoms with Gasteiger partial charge in [0.1, 0.15) is 0 Å². The summed E-state index contributed by atoms with van der Waals surface area (Å²) in [7, 11) is 1.97. The zero-order valence-electron chi connectivity index (χ0n) is 17.5. The average Bonchev–Trinajstić information content (AvgIpc) is 3.29. The van der Waals surface area contributed by atoms with Crippen molar-refractivity contribution in [3.05, 3.63) is 18.0 Å². The van der Waals surface area contributed by atoms with Gasteiger partial charge in [0, 0.05) is 51.8 Å². The van der Waals surface area contributed by atoms with Gasteiger partial charge in [-0.15, -0.1) is 24.0 Å². The van der Waals surface area contributed by atoms with Crippen LogP contribution in [0.5, 0.6) is 0 Å². The van der Waals surface area contributed by atoms with Gasteiger partial charge in [0.15, 0.2) is 5.96 Å². The molecule has 1 aliphatic heterocycles. The van der Waals surface area contributed by atoms with E-state index in [1.807, 2.05) is 24.9 Å². The molecule has 0 amide bonds. The maximum absolute atomic E-state index is 11.3. The highest BCUT2D eigenvalue weighted by molar-refractivity contribution is 14.0. The molecule has 0 bridgehead atoms. The Kier molecular flexibility index (Phi) is 12.2. The number of halogens is 1. The van der Waals surface area contributed by atoms with Crippen LogP contribution < -0.4 is 5.32 Å². The number of carbonyl (C=O) groups excluding carboxylic acids is 1. The zero-order chi connectivity index (χ0) is 19.5. The van der Waals surface area contributed by atoms with E-state index in [2.05, 4.69) is 28.4 Å². The average molecular weight is 505 g/mol. The van der Waals surface area contributed by atoms with Crippen LogP contribution >= 0.6 is 24.0 Å². The third-order valence-electron chi connectivity index (χ3n) is 4.87. The maximum Gasteiger partial charge on any atom is 0.305 e. The lowest BCUT2D eigenvalue weighted by Crippen LogP contribution is -2.40. The number of nitrogens with zero attached hydrogens (tertiary/aromatic N) is 4. The lowest BCUT2D eigenvalue weighted by molar-refractivity contribution is -0.143. The van der Waals surface area contributed by atoms with Crippen molar-refractivity contribution in [1.29, 1.82) is 0 Å². The van der Waals surface area contributed by atoms with Crippen LogP contribution in [0.15, 0.2) is 17.4 Å². The topological polar surface area (TPSA) is 71.8 Å². The van der Waals surface area contributed by atoms with E-state index in [1.54, 1.807) is 0 Å². The van der Waals surface area contributed by atoms with Crippen molar-refractivity contribution in [2.24, 2.45) is 12.0 Å². The molecule has 7 nitrogen and oxygen atoms in total. The number of carbonyl (C=O) groups is 1. The van der Waals surface area contributed by atoms with Gasteiger partial charge in [0.2, 0.25) is 0 Å². The van der Waals surface area contributed by atoms with Crippen molar-refractivity contribution >= 4 is 35.9 Å². The highest BCUT2D eigenvalue weighted by atomic mass is 127. The van der Waals surface area contributed by atoms with Crippen molar-refractivity contribution in [3.8, 4) is 0 Å². The fourth-order valence-corrected chi connectivity index (χ4v) is 3.45. The lowest BCUT2D eigenvalue weighted by atomic mass is 10.0. The number of nitrogens with one attached hydrogen (secondary N) is 1. The molecule has 0 spiro atoms. The van der Waals surface area contributed by atoms with Crippen LogP contribution in [0.3, 0.4) is 0 Å². The van der Waals surface area contributed by atoms with Crippen molar-refractivity contribution in [1.82, 2.24) is 20.0 Å². The highest BCUT2D eigenvalue weighted by Crippen LogP contribution is 2.26. The van der Waals surface area contributed by atoms with Crippen molar-refractivity contribution < 1.29 is 9.53 Å². The Labute approximate surface area is 186 Å². The SMILES string of the molecule is CCNC(=NCCCCCCC(=O)OCC)N1CCC(c2cnn(C)c2)C1.I. The molecule has 160 valence electrons. The Morgan fingerprint density at radius 1 is 1.32 bits per heavy atom. The van der Waals surface area contributed by atoms with E-state index in [9.17, 15) is 4.79 Å². The molecule has 0 saturated carbocycles. The molecule has 2 heterocycles. The van der Waals surface area contributed by atoms with Gasteiger partial charge in [0.05, 0.1) is 12.8 Å². The van der Waals surface area contributed by atoms with E-state index in [0.29, 0.717) is 18.9 Å². The summed E-state index contributed by atoms with van der Waals surface area (Å²) in [6.45, 7) is 8.17. The van der Waals surface area contributed by atoms with Crippen LogP contribution in [0.25, 0.3) is 0 Å². The number of unbranched alkanes of at least 4 members (excludes halogenated alkanes) is 3. The van der Waals surface area contributed by atoms with Gasteiger partial charge in [-0.2, -0.15) is 5.10 Å². The number of aliphatic imine (C=N–C) groups is 1. The Bertz CT molecular complexity index is 605. The number of hydrogen-bond donors (Lipinski definition) is 1. The van der Waals surface area contributed by atoms with Crippen molar-refractivity contribution in [2.45, 2.75) is 58.3 Å². The highest BCUT2D eigenvalue weighted by Gasteiger charge is 2.26. The summed E-state index contributed by atoms with van der Waals surface area (Å²) >= 11 is 0. The number of aromatic nitrogens is 2. The van der Waals surface area contributed by atoms with E-state index in [-0.39, 0.29) is 29.9 Å². The summed E-state index contributed by atoms with van der Waals surface area (Å²) < 4.78 is 6.82. The van der Waals surface area contributed by atoms with Gasteiger partial charge < -0.3 is 15.0 Å². The second kappa shape index (κ2) is 13.8. The van der Waals surface area contributed by atoms with Gasteiger partial charge in [-0.1, -0.05) is 12.8 Å². The Morgan fingerprint density at radius 2 is 2.11 bits per heavy atom. The molecule has 2 rings (SSSR count). The first-order valence-electron chi connectivity index (χ1n) is 10.3. The van der Waals surface area contributed by atoms with Crippen LogP contribution in [0.2, 0.25) is 0 Å². The Balaban J connectivity index is 0.00000392. The molecule has 0 aromatic carbocycles. The van der Waals surface area contributed by atoms with Crippen molar-refractivity contribution in [3.63, 3.8) is 0 Å². The second-order valence-corrected chi connectivity index (χ2v) is 7.08. The minimum Gasteiger partial charge on any atom is -0.466 e. The number of guanidine groups is 1. The number of ether oxygens (including phenoxy) is 1. The summed E-state index contributed by atoms with van der Waals surface area (Å²) in [5.74, 6) is 1.48. The normalized spacial score (nSPS) is 16.8. The fourth-order valence-electron chi connectivity index (χ4n) is 3.45. The van der Waals surface area contributed by atoms with Gasteiger partial charge in [0.25, 0.3) is 0 Å². The van der Waals surface area contributed by atoms with Crippen LogP contribution in [-0.4, -0.2) is 59.4 Å². The molecule has 1 aromatic heterocycles. The Hall–Kier alpha value is -1.32. The lowest BCUT2D eigenvalue weighted by Gasteiger charge is -2.21. The molecule has 1 aromatic rings. The van der Waals surface area contributed by atoms with Crippen LogP contribution in [0.4, 0.5) is 0 Å². The third kappa shape index (κ3) is 8.36. The number of esters is 1. The summed E-state index contributed by atoms with van der Waals surface area (Å²) in [4.78, 5) is 18.5. The third-order valence-corrected chi connectivity index (χ3v) is 4.87. The number of hydrogen-bond acceptors (Lipinski definition) is 4. The number of aryl methyl sites for hydroxylation is 1. The molecule has 1 aliphatic rings. The van der Waals surface area contributed by atoms with E-state index >= 15 is 0 Å². The largest absolute Gasteiger partial charge is 0.466 e. The molecule has 1 N–H and O–H groups in total. The predicted octanol–water partition coefficient (Wildman–Crippen LogP) is 3.31. The van der Waals surface area contributed by atoms with E-state index < -0.39 is 0 Å². The minimum atomic E-state index is -0.0813. The van der Waals surface area contributed by atoms with Gasteiger partial charge in [-0.3, -0.25) is 14.5 Å². The predicted molar refractivity (Wildman–Crippen MR) is 123 cm³/mol. The first kappa shape index (κ1) is 24.7. The van der Waals surface area contributed by atoms with E-state index in [4.69, 9.17) is 9.73 Å². The molecule has 1 unspecified atom stereocenters. The van der Waals surface area contributed by atoms with E-state index in [1.165, 1.54) is 5.56 Å². The molecule has 1 saturated heterocycles. The molecule has 1 fully saturated rings. The quantitative estimate of drug-likeness (QED) is 0.174. The fraction of sp³-hybridized carbons (Fsp3) is 0.750. The van der Waals surface area contributed by atoms with Crippen molar-refractivity contribution in [2.75, 3.05) is 32.8 Å². The van der Waals surface area contributed by atoms with Gasteiger partial charge in [-0.25, -0.2) is 0 Å². The summed E-state index contributed by atoms with van der Waals surface area (Å²) in [5, 5.41) is 7.72. The summed E-state index contributed by atoms with van der Waals surface area (Å²) in [6, 6.07) is 0. The van der Waals surface area contributed by atoms with Gasteiger partial charge >= 0.3 is 5.97 Å². The molecule has 1 atom stereocenters. The van der Waals surface area contributed by atoms with Gasteiger partial charge in [-0.05, 0) is 38.7 Å². The van der Waals surface area contributed by atoms with E-state index in [0.717, 1.165) is 64.2 Å². The van der Waals surface area contributed by atoms with Crippen LogP contribution in [0, 0.1) is 0 Å². The number of likely N-dealkylation sites (tertiary alicyclic amines) is 1. The van der Waals surface area contributed by atoms with Crippen LogP contribution in [-0.2, 0) is 16.6 Å². The molecule has 0 radical (unpaired) electrons. The monoisotopic (exact) mass is 505 g/mol. The Morgan fingerprint density at radius 3 is 2.79 bits per heavy atom. The smallest absolute Gasteiger partial charge is 0.305 e.